The van der Waals surface area contributed by atoms with Gasteiger partial charge in [0.25, 0.3) is 10.0 Å². The number of anilines is 1. The van der Waals surface area contributed by atoms with Crippen molar-refractivity contribution in [3.05, 3.63) is 124 Å². The second-order valence-corrected chi connectivity index (χ2v) is 13.9. The van der Waals surface area contributed by atoms with Crippen LogP contribution in [0.2, 0.25) is 10.0 Å². The lowest BCUT2D eigenvalue weighted by atomic mass is 10.0. The second kappa shape index (κ2) is 15.7. The molecule has 1 N–H and O–H groups in total. The third-order valence-electron chi connectivity index (χ3n) is 7.21. The van der Waals surface area contributed by atoms with Crippen LogP contribution in [0.4, 0.5) is 5.69 Å². The lowest BCUT2D eigenvalue weighted by molar-refractivity contribution is -0.140. The maximum absolute atomic E-state index is 14.4. The van der Waals surface area contributed by atoms with E-state index >= 15 is 0 Å². The minimum absolute atomic E-state index is 0.00539. The van der Waals surface area contributed by atoms with Crippen LogP contribution in [-0.4, -0.2) is 50.5 Å². The fourth-order valence-electron chi connectivity index (χ4n) is 4.80. The number of benzene rings is 4. The summed E-state index contributed by atoms with van der Waals surface area (Å²) in [7, 11) is -4.18. The van der Waals surface area contributed by atoms with Crippen molar-refractivity contribution in [1.29, 1.82) is 0 Å². The highest BCUT2D eigenvalue weighted by Crippen LogP contribution is 2.28. The highest BCUT2D eigenvalue weighted by Gasteiger charge is 2.34. The molecule has 4 aromatic rings. The number of aryl methyl sites for hydroxylation is 1. The third kappa shape index (κ3) is 8.82. The molecule has 0 heterocycles. The molecular weight excluding hydrogens is 649 g/mol. The first-order valence-electron chi connectivity index (χ1n) is 14.3. The number of likely N-dealkylation sites (N-methyl/N-ethyl adjacent to an activating group) is 1. The quantitative estimate of drug-likeness (QED) is 0.154. The summed E-state index contributed by atoms with van der Waals surface area (Å²) in [6.45, 7) is 3.51. The molecule has 0 spiro atoms. The lowest BCUT2D eigenvalue weighted by Crippen LogP contribution is -2.53. The van der Waals surface area contributed by atoms with E-state index in [-0.39, 0.29) is 23.8 Å². The van der Waals surface area contributed by atoms with Gasteiger partial charge in [0, 0.05) is 24.4 Å². The van der Waals surface area contributed by atoms with E-state index in [1.807, 2.05) is 43.5 Å². The molecule has 11 heteroatoms. The van der Waals surface area contributed by atoms with Crippen LogP contribution in [-0.2, 0) is 32.6 Å². The molecule has 0 aromatic heterocycles. The summed E-state index contributed by atoms with van der Waals surface area (Å²) in [6, 6.07) is 26.9. The first-order valence-corrected chi connectivity index (χ1v) is 17.7. The Hall–Kier alpha value is -3.50. The number of sulfonamides is 1. The smallest absolute Gasteiger partial charge is 0.264 e. The summed E-state index contributed by atoms with van der Waals surface area (Å²) in [6.07, 6.45) is 2.12. The summed E-state index contributed by atoms with van der Waals surface area (Å²) in [5.74, 6) is -0.912. The Labute approximate surface area is 279 Å². The van der Waals surface area contributed by atoms with Crippen LogP contribution in [0.3, 0.4) is 0 Å². The summed E-state index contributed by atoms with van der Waals surface area (Å²) in [4.78, 5) is 30.4. The van der Waals surface area contributed by atoms with Gasteiger partial charge in [-0.1, -0.05) is 77.3 Å². The van der Waals surface area contributed by atoms with Gasteiger partial charge in [0.05, 0.1) is 20.6 Å². The van der Waals surface area contributed by atoms with Crippen LogP contribution in [0.1, 0.15) is 23.6 Å². The molecule has 0 aliphatic heterocycles. The molecule has 0 unspecified atom stereocenters. The van der Waals surface area contributed by atoms with Crippen LogP contribution < -0.4 is 9.62 Å². The fraction of sp³-hybridized carbons (Fsp3) is 0.235. The van der Waals surface area contributed by atoms with Gasteiger partial charge in [0.15, 0.2) is 0 Å². The van der Waals surface area contributed by atoms with E-state index in [1.165, 1.54) is 28.8 Å². The van der Waals surface area contributed by atoms with Crippen LogP contribution in [0.15, 0.2) is 107 Å². The molecule has 7 nitrogen and oxygen atoms in total. The van der Waals surface area contributed by atoms with Gasteiger partial charge >= 0.3 is 0 Å². The molecule has 1 atom stereocenters. The van der Waals surface area contributed by atoms with E-state index in [9.17, 15) is 18.0 Å². The van der Waals surface area contributed by atoms with Crippen molar-refractivity contribution in [2.75, 3.05) is 23.7 Å². The molecule has 236 valence electrons. The molecule has 0 saturated carbocycles. The fourth-order valence-corrected chi connectivity index (χ4v) is 6.94. The number of hydrogen-bond acceptors (Lipinski definition) is 5. The Morgan fingerprint density at radius 3 is 2.13 bits per heavy atom. The first-order chi connectivity index (χ1) is 21.5. The van der Waals surface area contributed by atoms with Crippen LogP contribution >= 0.6 is 35.0 Å². The average Bonchev–Trinajstić information content (AvgIpc) is 3.04. The third-order valence-corrected chi connectivity index (χ3v) is 10.5. The van der Waals surface area contributed by atoms with Crippen molar-refractivity contribution in [3.63, 3.8) is 0 Å². The minimum atomic E-state index is -4.18. The van der Waals surface area contributed by atoms with Crippen molar-refractivity contribution < 1.29 is 18.0 Å². The molecule has 0 aliphatic rings. The van der Waals surface area contributed by atoms with Gasteiger partial charge in [0.1, 0.15) is 12.6 Å². The molecular formula is C34H35Cl2N3O4S2. The van der Waals surface area contributed by atoms with Crippen LogP contribution in [0.25, 0.3) is 0 Å². The van der Waals surface area contributed by atoms with Gasteiger partial charge in [-0.2, -0.15) is 0 Å². The Kier molecular flexibility index (Phi) is 12.0. The average molecular weight is 685 g/mol. The number of amides is 2. The summed E-state index contributed by atoms with van der Waals surface area (Å²) in [5, 5.41) is 3.51. The number of hydrogen-bond donors (Lipinski definition) is 1. The standard InChI is InChI=1S/C34H35Cl2N3O4S2/c1-4-37-34(41)32(21-25-8-6-5-7-9-25)38(22-26-12-19-30(35)31(36)20-26)33(40)23-39(27-13-10-24(2)11-14-27)45(42,43)29-17-15-28(44-3)16-18-29/h5-20,32H,4,21-23H2,1-3H3,(H,37,41)/t32-/m1/s1. The largest absolute Gasteiger partial charge is 0.355 e. The van der Waals surface area contributed by atoms with Gasteiger partial charge in [-0.25, -0.2) is 8.42 Å². The van der Waals surface area contributed by atoms with Crippen molar-refractivity contribution in [2.45, 2.75) is 42.6 Å². The maximum atomic E-state index is 14.4. The van der Waals surface area contributed by atoms with Crippen molar-refractivity contribution in [2.24, 2.45) is 0 Å². The Bertz CT molecular complexity index is 1720. The number of thioether (sulfide) groups is 1. The molecule has 0 bridgehead atoms. The summed E-state index contributed by atoms with van der Waals surface area (Å²) in [5.41, 5.74) is 2.75. The van der Waals surface area contributed by atoms with E-state index in [0.717, 1.165) is 20.3 Å². The molecule has 0 fully saturated rings. The summed E-state index contributed by atoms with van der Waals surface area (Å²) >= 11 is 14.0. The molecule has 2 amide bonds. The van der Waals surface area contributed by atoms with E-state index in [1.54, 1.807) is 61.5 Å². The molecule has 0 radical (unpaired) electrons. The van der Waals surface area contributed by atoms with Crippen molar-refractivity contribution in [1.82, 2.24) is 10.2 Å². The number of nitrogens with zero attached hydrogens (tertiary/aromatic N) is 2. The molecule has 45 heavy (non-hydrogen) atoms. The molecule has 0 saturated heterocycles. The summed E-state index contributed by atoms with van der Waals surface area (Å²) < 4.78 is 29.4. The zero-order chi connectivity index (χ0) is 32.6. The minimum Gasteiger partial charge on any atom is -0.355 e. The maximum Gasteiger partial charge on any atom is 0.264 e. The Morgan fingerprint density at radius 2 is 1.53 bits per heavy atom. The predicted octanol–water partition coefficient (Wildman–Crippen LogP) is 7.00. The van der Waals surface area contributed by atoms with Gasteiger partial charge in [-0.15, -0.1) is 11.8 Å². The highest BCUT2D eigenvalue weighted by atomic mass is 35.5. The van der Waals surface area contributed by atoms with Crippen molar-refractivity contribution in [3.8, 4) is 0 Å². The number of carbonyl (C=O) groups is 2. The van der Waals surface area contributed by atoms with E-state index in [2.05, 4.69) is 5.32 Å². The predicted molar refractivity (Wildman–Crippen MR) is 184 cm³/mol. The first kappa shape index (κ1) is 34.4. The lowest BCUT2D eigenvalue weighted by Gasteiger charge is -2.34. The number of nitrogens with one attached hydrogen (secondary N) is 1. The molecule has 4 rings (SSSR count). The van der Waals surface area contributed by atoms with E-state index < -0.39 is 28.5 Å². The zero-order valence-corrected chi connectivity index (χ0v) is 28.4. The monoisotopic (exact) mass is 683 g/mol. The SMILES string of the molecule is CCNC(=O)[C@@H](Cc1ccccc1)N(Cc1ccc(Cl)c(Cl)c1)C(=O)CN(c1ccc(C)cc1)S(=O)(=O)c1ccc(SC)cc1. The van der Waals surface area contributed by atoms with Crippen LogP contribution in [0.5, 0.6) is 0 Å². The van der Waals surface area contributed by atoms with E-state index in [4.69, 9.17) is 23.2 Å². The molecule has 0 aliphatic carbocycles. The zero-order valence-electron chi connectivity index (χ0n) is 25.2. The second-order valence-electron chi connectivity index (χ2n) is 10.4. The Balaban J connectivity index is 1.80. The van der Waals surface area contributed by atoms with Gasteiger partial charge in [0.2, 0.25) is 11.8 Å². The van der Waals surface area contributed by atoms with E-state index in [0.29, 0.717) is 27.8 Å². The topological polar surface area (TPSA) is 86.8 Å². The number of rotatable bonds is 13. The molecule has 4 aromatic carbocycles. The van der Waals surface area contributed by atoms with Gasteiger partial charge < -0.3 is 10.2 Å². The normalized spacial score (nSPS) is 11.9. The highest BCUT2D eigenvalue weighted by molar-refractivity contribution is 7.98. The Morgan fingerprint density at radius 1 is 0.867 bits per heavy atom. The van der Waals surface area contributed by atoms with Gasteiger partial charge in [-0.05, 0) is 79.8 Å². The number of halogens is 2. The van der Waals surface area contributed by atoms with Crippen LogP contribution in [0, 0.1) is 6.92 Å². The van der Waals surface area contributed by atoms with Gasteiger partial charge in [-0.3, -0.25) is 13.9 Å². The van der Waals surface area contributed by atoms with Crippen molar-refractivity contribution >= 4 is 62.5 Å². The number of carbonyl (C=O) groups excluding carboxylic acids is 2.